The summed E-state index contributed by atoms with van der Waals surface area (Å²) < 4.78 is 34.8. The summed E-state index contributed by atoms with van der Waals surface area (Å²) in [7, 11) is -3.58. The summed E-state index contributed by atoms with van der Waals surface area (Å²) in [5, 5.41) is 8.95. The van der Waals surface area contributed by atoms with E-state index < -0.39 is 10.0 Å². The topological polar surface area (TPSA) is 82.4 Å². The maximum absolute atomic E-state index is 13.0. The Bertz CT molecular complexity index is 1320. The second-order valence-corrected chi connectivity index (χ2v) is 12.2. The third-order valence-electron chi connectivity index (χ3n) is 6.75. The zero-order valence-electron chi connectivity index (χ0n) is 21.8. The van der Waals surface area contributed by atoms with E-state index in [1.54, 1.807) is 12.1 Å². The number of benzene rings is 3. The number of nitrogens with one attached hydrogen (secondary N) is 1. The van der Waals surface area contributed by atoms with Crippen molar-refractivity contribution in [1.82, 2.24) is 9.62 Å². The molecule has 37 heavy (non-hydrogen) atoms. The average Bonchev–Trinajstić information content (AvgIpc) is 3.32. The normalized spacial score (nSPS) is 16.4. The molecule has 0 saturated carbocycles. The minimum Gasteiger partial charge on any atom is -0.494 e. The van der Waals surface area contributed by atoms with Crippen molar-refractivity contribution in [3.8, 4) is 22.9 Å². The molecule has 3 aromatic rings. The maximum Gasteiger partial charge on any atom is 0.241 e. The Hall–Kier alpha value is -3.18. The first-order valence-electron chi connectivity index (χ1n) is 12.8. The van der Waals surface area contributed by atoms with Gasteiger partial charge in [0.1, 0.15) is 5.75 Å². The van der Waals surface area contributed by atoms with E-state index in [1.165, 1.54) is 0 Å². The molecule has 1 fully saturated rings. The lowest BCUT2D eigenvalue weighted by molar-refractivity contribution is 0.214. The number of rotatable bonds is 9. The monoisotopic (exact) mass is 517 g/mol. The lowest BCUT2D eigenvalue weighted by atomic mass is 9.87. The van der Waals surface area contributed by atoms with Crippen LogP contribution in [0.1, 0.15) is 51.2 Å². The summed E-state index contributed by atoms with van der Waals surface area (Å²) in [5.74, 6) is 0.801. The molecule has 1 aliphatic rings. The van der Waals surface area contributed by atoms with Gasteiger partial charge in [0.05, 0.1) is 29.3 Å². The molecule has 1 unspecified atom stereocenters. The Kier molecular flexibility index (Phi) is 8.33. The van der Waals surface area contributed by atoms with Gasteiger partial charge in [0.15, 0.2) is 0 Å². The molecule has 0 spiro atoms. The van der Waals surface area contributed by atoms with Gasteiger partial charge in [0.25, 0.3) is 0 Å². The SMILES string of the molecule is CC(C)(C)c1ccc(S(=O)(=O)NC2CCCN2CCCOc2ccc(-c3ccc(C#N)cc3)cc2)cc1. The number of nitriles is 1. The largest absolute Gasteiger partial charge is 0.494 e. The van der Waals surface area contributed by atoms with E-state index >= 15 is 0 Å². The summed E-state index contributed by atoms with van der Waals surface area (Å²) in [6.45, 7) is 8.53. The van der Waals surface area contributed by atoms with Crippen molar-refractivity contribution in [2.45, 2.75) is 56.5 Å². The zero-order valence-corrected chi connectivity index (χ0v) is 22.6. The molecule has 1 saturated heterocycles. The minimum atomic E-state index is -3.58. The molecular weight excluding hydrogens is 482 g/mol. The molecule has 1 aliphatic heterocycles. The van der Waals surface area contributed by atoms with Gasteiger partial charge in [-0.1, -0.05) is 57.2 Å². The molecule has 0 aromatic heterocycles. The van der Waals surface area contributed by atoms with Crippen LogP contribution in [0.4, 0.5) is 0 Å². The minimum absolute atomic E-state index is 0.0207. The van der Waals surface area contributed by atoms with Crippen molar-refractivity contribution in [2.24, 2.45) is 0 Å². The highest BCUT2D eigenvalue weighted by Gasteiger charge is 2.29. The fraction of sp³-hybridized carbons (Fsp3) is 0.367. The summed E-state index contributed by atoms with van der Waals surface area (Å²) in [6, 6.07) is 24.8. The summed E-state index contributed by atoms with van der Waals surface area (Å²) in [6.07, 6.45) is 2.37. The van der Waals surface area contributed by atoms with E-state index in [4.69, 9.17) is 10.00 Å². The first-order chi connectivity index (χ1) is 17.7. The fourth-order valence-corrected chi connectivity index (χ4v) is 5.80. The molecule has 6 nitrogen and oxygen atoms in total. The molecule has 7 heteroatoms. The molecule has 0 amide bonds. The third kappa shape index (κ3) is 6.98. The van der Waals surface area contributed by atoms with Gasteiger partial charge in [0, 0.05) is 6.54 Å². The van der Waals surface area contributed by atoms with Crippen molar-refractivity contribution in [1.29, 1.82) is 5.26 Å². The van der Waals surface area contributed by atoms with E-state index in [1.807, 2.05) is 60.7 Å². The van der Waals surface area contributed by atoms with Crippen LogP contribution in [-0.4, -0.2) is 39.2 Å². The smallest absolute Gasteiger partial charge is 0.241 e. The van der Waals surface area contributed by atoms with Crippen molar-refractivity contribution in [3.05, 3.63) is 83.9 Å². The Morgan fingerprint density at radius 1 is 0.973 bits per heavy atom. The Morgan fingerprint density at radius 3 is 2.19 bits per heavy atom. The van der Waals surface area contributed by atoms with Crippen LogP contribution in [0.3, 0.4) is 0 Å². The fourth-order valence-electron chi connectivity index (χ4n) is 4.55. The van der Waals surface area contributed by atoms with E-state index in [9.17, 15) is 8.42 Å². The predicted octanol–water partition coefficient (Wildman–Crippen LogP) is 5.69. The quantitative estimate of drug-likeness (QED) is 0.369. The van der Waals surface area contributed by atoms with Crippen LogP contribution in [0.2, 0.25) is 0 Å². The van der Waals surface area contributed by atoms with Crippen LogP contribution in [0.25, 0.3) is 11.1 Å². The second kappa shape index (κ2) is 11.5. The van der Waals surface area contributed by atoms with Gasteiger partial charge < -0.3 is 4.74 Å². The zero-order chi connectivity index (χ0) is 26.5. The number of ether oxygens (including phenoxy) is 1. The highest BCUT2D eigenvalue weighted by molar-refractivity contribution is 7.89. The van der Waals surface area contributed by atoms with Crippen LogP contribution in [-0.2, 0) is 15.4 Å². The average molecular weight is 518 g/mol. The summed E-state index contributed by atoms with van der Waals surface area (Å²) in [5.41, 5.74) is 3.85. The standard InChI is InChI=1S/C30H35N3O3S/c1-30(2,3)26-13-17-28(18-14-26)37(34,35)32-29-6-4-19-33(29)20-5-21-36-27-15-11-25(12-16-27)24-9-7-23(22-31)8-10-24/h7-18,29,32H,4-6,19-21H2,1-3H3. The van der Waals surface area contributed by atoms with Crippen LogP contribution < -0.4 is 9.46 Å². The molecule has 0 bridgehead atoms. The third-order valence-corrected chi connectivity index (χ3v) is 8.22. The molecule has 0 radical (unpaired) electrons. The molecule has 1 heterocycles. The summed E-state index contributed by atoms with van der Waals surface area (Å²) >= 11 is 0. The van der Waals surface area contributed by atoms with Gasteiger partial charge in [0.2, 0.25) is 10.0 Å². The predicted molar refractivity (Wildman–Crippen MR) is 147 cm³/mol. The molecular formula is C30H35N3O3S. The van der Waals surface area contributed by atoms with Crippen LogP contribution in [0, 0.1) is 11.3 Å². The lowest BCUT2D eigenvalue weighted by Crippen LogP contribution is -2.44. The van der Waals surface area contributed by atoms with E-state index in [0.29, 0.717) is 17.1 Å². The first-order valence-corrected chi connectivity index (χ1v) is 14.2. The van der Waals surface area contributed by atoms with Gasteiger partial charge in [-0.2, -0.15) is 9.98 Å². The molecule has 1 atom stereocenters. The van der Waals surface area contributed by atoms with Crippen LogP contribution in [0.5, 0.6) is 5.75 Å². The highest BCUT2D eigenvalue weighted by Crippen LogP contribution is 2.25. The molecule has 194 valence electrons. The van der Waals surface area contributed by atoms with E-state index in [-0.39, 0.29) is 11.6 Å². The van der Waals surface area contributed by atoms with E-state index in [2.05, 4.69) is 36.5 Å². The van der Waals surface area contributed by atoms with Gasteiger partial charge in [-0.3, -0.25) is 4.90 Å². The number of hydrogen-bond acceptors (Lipinski definition) is 5. The molecule has 0 aliphatic carbocycles. The Labute approximate surface area is 220 Å². The molecule has 3 aromatic carbocycles. The second-order valence-electron chi connectivity index (χ2n) is 10.5. The Morgan fingerprint density at radius 2 is 1.59 bits per heavy atom. The van der Waals surface area contributed by atoms with Crippen LogP contribution >= 0.6 is 0 Å². The Balaban J connectivity index is 1.26. The van der Waals surface area contributed by atoms with Crippen molar-refractivity contribution < 1.29 is 13.2 Å². The van der Waals surface area contributed by atoms with Crippen molar-refractivity contribution >= 4 is 10.0 Å². The lowest BCUT2D eigenvalue weighted by Gasteiger charge is -2.25. The van der Waals surface area contributed by atoms with Crippen LogP contribution in [0.15, 0.2) is 77.7 Å². The highest BCUT2D eigenvalue weighted by atomic mass is 32.2. The van der Waals surface area contributed by atoms with E-state index in [0.717, 1.165) is 54.8 Å². The number of likely N-dealkylation sites (tertiary alicyclic amines) is 1. The molecule has 4 rings (SSSR count). The van der Waals surface area contributed by atoms with Gasteiger partial charge in [-0.05, 0) is 84.3 Å². The van der Waals surface area contributed by atoms with Gasteiger partial charge in [-0.15, -0.1) is 0 Å². The maximum atomic E-state index is 13.0. The first kappa shape index (κ1) is 26.9. The number of sulfonamides is 1. The summed E-state index contributed by atoms with van der Waals surface area (Å²) in [4.78, 5) is 2.50. The number of nitrogens with zero attached hydrogens (tertiary/aromatic N) is 2. The van der Waals surface area contributed by atoms with Crippen molar-refractivity contribution in [2.75, 3.05) is 19.7 Å². The molecule has 1 N–H and O–H groups in total. The van der Waals surface area contributed by atoms with Crippen molar-refractivity contribution in [3.63, 3.8) is 0 Å². The number of hydrogen-bond donors (Lipinski definition) is 1. The van der Waals surface area contributed by atoms with Gasteiger partial charge in [-0.25, -0.2) is 8.42 Å². The van der Waals surface area contributed by atoms with Gasteiger partial charge >= 0.3 is 0 Å².